The van der Waals surface area contributed by atoms with Gasteiger partial charge in [-0.2, -0.15) is 0 Å². The number of carbonyl (C=O) groups is 1. The highest BCUT2D eigenvalue weighted by Gasteiger charge is 2.42. The van der Waals surface area contributed by atoms with Gasteiger partial charge < -0.3 is 10.1 Å². The molecule has 1 heterocycles. The van der Waals surface area contributed by atoms with Crippen molar-refractivity contribution < 1.29 is 9.53 Å². The zero-order chi connectivity index (χ0) is 19.7. The number of hydrogen-bond acceptors (Lipinski definition) is 5. The Morgan fingerprint density at radius 1 is 1.36 bits per heavy atom. The van der Waals surface area contributed by atoms with Crippen LogP contribution in [0.1, 0.15) is 25.7 Å². The van der Waals surface area contributed by atoms with Crippen LogP contribution in [0, 0.1) is 11.8 Å². The Kier molecular flexibility index (Phi) is 5.94. The monoisotopic (exact) mass is 421 g/mol. The third kappa shape index (κ3) is 4.53. The molecule has 0 spiro atoms. The quantitative estimate of drug-likeness (QED) is 0.497. The third-order valence-electron chi connectivity index (χ3n) is 5.32. The van der Waals surface area contributed by atoms with E-state index in [9.17, 15) is 9.59 Å². The number of hydrogen-bond donors (Lipinski definition) is 1. The number of aromatic nitrogens is 2. The van der Waals surface area contributed by atoms with E-state index in [4.69, 9.17) is 16.3 Å². The SMILES string of the molecule is COCCn1c(SCC(=O)NC(C2CC2)C2CC2)nc2cc(Cl)ccc2c1=O. The number of halogens is 1. The van der Waals surface area contributed by atoms with Crippen molar-refractivity contribution >= 4 is 40.2 Å². The second-order valence-electron chi connectivity index (χ2n) is 7.56. The van der Waals surface area contributed by atoms with Crippen molar-refractivity contribution in [2.75, 3.05) is 19.5 Å². The standard InChI is InChI=1S/C20H24ClN3O3S/c1-27-9-8-24-19(26)15-7-6-14(21)10-16(15)22-20(24)28-11-17(25)23-18(12-2-3-12)13-4-5-13/h6-7,10,12-13,18H,2-5,8-9,11H2,1H3,(H,23,25). The second kappa shape index (κ2) is 8.43. The van der Waals surface area contributed by atoms with Crippen LogP contribution in [0.25, 0.3) is 10.9 Å². The summed E-state index contributed by atoms with van der Waals surface area (Å²) < 4.78 is 6.71. The van der Waals surface area contributed by atoms with E-state index >= 15 is 0 Å². The number of rotatable bonds is 9. The van der Waals surface area contributed by atoms with E-state index in [2.05, 4.69) is 10.3 Å². The minimum atomic E-state index is -0.143. The van der Waals surface area contributed by atoms with Crippen molar-refractivity contribution in [3.8, 4) is 0 Å². The summed E-state index contributed by atoms with van der Waals surface area (Å²) in [5.41, 5.74) is 0.401. The molecule has 6 nitrogen and oxygen atoms in total. The van der Waals surface area contributed by atoms with Crippen LogP contribution in [0.5, 0.6) is 0 Å². The zero-order valence-electron chi connectivity index (χ0n) is 15.8. The number of nitrogens with one attached hydrogen (secondary N) is 1. The van der Waals surface area contributed by atoms with Crippen molar-refractivity contribution in [1.82, 2.24) is 14.9 Å². The van der Waals surface area contributed by atoms with Crippen molar-refractivity contribution in [2.24, 2.45) is 11.8 Å². The van der Waals surface area contributed by atoms with E-state index in [0.717, 1.165) is 0 Å². The van der Waals surface area contributed by atoms with Crippen LogP contribution >= 0.6 is 23.4 Å². The van der Waals surface area contributed by atoms with Crippen LogP contribution in [0.4, 0.5) is 0 Å². The maximum absolute atomic E-state index is 12.9. The molecule has 0 unspecified atom stereocenters. The molecule has 0 atom stereocenters. The molecule has 2 aromatic rings. The lowest BCUT2D eigenvalue weighted by Gasteiger charge is -2.18. The van der Waals surface area contributed by atoms with E-state index in [1.54, 1.807) is 29.9 Å². The van der Waals surface area contributed by atoms with E-state index in [-0.39, 0.29) is 17.2 Å². The molecule has 0 bridgehead atoms. The summed E-state index contributed by atoms with van der Waals surface area (Å²) in [5, 5.41) is 4.77. The Labute approximate surface area is 173 Å². The Balaban J connectivity index is 1.52. The maximum atomic E-state index is 12.9. The van der Waals surface area contributed by atoms with Gasteiger partial charge in [0.2, 0.25) is 5.91 Å². The van der Waals surface area contributed by atoms with Crippen LogP contribution in [0.3, 0.4) is 0 Å². The smallest absolute Gasteiger partial charge is 0.262 e. The van der Waals surface area contributed by atoms with Crippen molar-refractivity contribution in [2.45, 2.75) is 43.4 Å². The van der Waals surface area contributed by atoms with Gasteiger partial charge in [0.1, 0.15) is 0 Å². The first-order valence-corrected chi connectivity index (χ1v) is 11.0. The van der Waals surface area contributed by atoms with Crippen LogP contribution in [0.15, 0.2) is 28.2 Å². The first-order chi connectivity index (χ1) is 13.6. The van der Waals surface area contributed by atoms with Gasteiger partial charge in [-0.25, -0.2) is 4.98 Å². The molecule has 8 heteroatoms. The molecule has 0 saturated heterocycles. The van der Waals surface area contributed by atoms with E-state index in [1.807, 2.05) is 0 Å². The van der Waals surface area contributed by atoms with Gasteiger partial charge in [-0.1, -0.05) is 23.4 Å². The summed E-state index contributed by atoms with van der Waals surface area (Å²) in [5.74, 6) is 1.55. The maximum Gasteiger partial charge on any atom is 0.262 e. The second-order valence-corrected chi connectivity index (χ2v) is 8.94. The number of fused-ring (bicyclic) bond motifs is 1. The summed E-state index contributed by atoms with van der Waals surface area (Å²) in [6.45, 7) is 0.781. The Hall–Kier alpha value is -1.57. The van der Waals surface area contributed by atoms with Gasteiger partial charge in [-0.15, -0.1) is 0 Å². The first kappa shape index (κ1) is 19.7. The predicted octanol–water partition coefficient (Wildman–Crippen LogP) is 3.09. The topological polar surface area (TPSA) is 73.2 Å². The minimum Gasteiger partial charge on any atom is -0.383 e. The molecule has 2 saturated carbocycles. The summed E-state index contributed by atoms with van der Waals surface area (Å²) in [6.07, 6.45) is 4.88. The summed E-state index contributed by atoms with van der Waals surface area (Å²) >= 11 is 7.35. The van der Waals surface area contributed by atoms with Crippen molar-refractivity contribution in [3.63, 3.8) is 0 Å². The lowest BCUT2D eigenvalue weighted by atomic mass is 10.1. The van der Waals surface area contributed by atoms with Gasteiger partial charge in [-0.3, -0.25) is 14.2 Å². The molecule has 150 valence electrons. The summed E-state index contributed by atoms with van der Waals surface area (Å²) in [7, 11) is 1.59. The Morgan fingerprint density at radius 3 is 2.71 bits per heavy atom. The summed E-state index contributed by atoms with van der Waals surface area (Å²) in [4.78, 5) is 30.0. The van der Waals surface area contributed by atoms with Crippen LogP contribution < -0.4 is 10.9 Å². The third-order valence-corrected chi connectivity index (χ3v) is 6.53. The number of nitrogens with zero attached hydrogens (tertiary/aromatic N) is 2. The number of ether oxygens (including phenoxy) is 1. The van der Waals surface area contributed by atoms with Gasteiger partial charge >= 0.3 is 0 Å². The molecule has 1 amide bonds. The molecule has 2 aliphatic rings. The fraction of sp³-hybridized carbons (Fsp3) is 0.550. The van der Waals surface area contributed by atoms with Crippen LogP contribution in [0.2, 0.25) is 5.02 Å². The van der Waals surface area contributed by atoms with Gasteiger partial charge in [0, 0.05) is 18.2 Å². The predicted molar refractivity (Wildman–Crippen MR) is 111 cm³/mol. The Morgan fingerprint density at radius 2 is 2.07 bits per heavy atom. The van der Waals surface area contributed by atoms with Crippen LogP contribution in [-0.4, -0.2) is 41.0 Å². The number of thioether (sulfide) groups is 1. The zero-order valence-corrected chi connectivity index (χ0v) is 17.4. The molecule has 0 radical (unpaired) electrons. The first-order valence-electron chi connectivity index (χ1n) is 9.68. The molecule has 1 aromatic heterocycles. The van der Waals surface area contributed by atoms with Gasteiger partial charge in [0.15, 0.2) is 5.16 Å². The normalized spacial score (nSPS) is 16.7. The molecule has 2 fully saturated rings. The molecule has 1 aromatic carbocycles. The highest BCUT2D eigenvalue weighted by Crippen LogP contribution is 2.44. The minimum absolute atomic E-state index is 0.00697. The average Bonchev–Trinajstić information content (AvgIpc) is 3.56. The number of benzene rings is 1. The highest BCUT2D eigenvalue weighted by atomic mass is 35.5. The van der Waals surface area contributed by atoms with Gasteiger partial charge in [0.05, 0.1) is 29.8 Å². The molecule has 28 heavy (non-hydrogen) atoms. The lowest BCUT2D eigenvalue weighted by molar-refractivity contribution is -0.119. The van der Waals surface area contributed by atoms with Crippen LogP contribution in [-0.2, 0) is 16.1 Å². The fourth-order valence-corrected chi connectivity index (χ4v) is 4.56. The Bertz CT molecular complexity index is 928. The number of carbonyl (C=O) groups excluding carboxylic acids is 1. The lowest BCUT2D eigenvalue weighted by Crippen LogP contribution is -2.39. The van der Waals surface area contributed by atoms with Gasteiger partial charge in [0.25, 0.3) is 5.56 Å². The number of methoxy groups -OCH3 is 1. The highest BCUT2D eigenvalue weighted by molar-refractivity contribution is 7.99. The van der Waals surface area contributed by atoms with Crippen molar-refractivity contribution in [1.29, 1.82) is 0 Å². The molecule has 4 rings (SSSR count). The fourth-order valence-electron chi connectivity index (χ4n) is 3.55. The molecule has 1 N–H and O–H groups in total. The molecule has 2 aliphatic carbocycles. The van der Waals surface area contributed by atoms with E-state index < -0.39 is 0 Å². The molecular weight excluding hydrogens is 398 g/mol. The van der Waals surface area contributed by atoms with E-state index in [0.29, 0.717) is 52.1 Å². The van der Waals surface area contributed by atoms with E-state index in [1.165, 1.54) is 37.4 Å². The van der Waals surface area contributed by atoms with Crippen molar-refractivity contribution in [3.05, 3.63) is 33.6 Å². The molecular formula is C20H24ClN3O3S. The largest absolute Gasteiger partial charge is 0.383 e. The molecule has 0 aliphatic heterocycles. The van der Waals surface area contributed by atoms with Gasteiger partial charge in [-0.05, 0) is 55.7 Å². The average molecular weight is 422 g/mol. The summed E-state index contributed by atoms with van der Waals surface area (Å²) in [6, 6.07) is 5.38. The number of amides is 1.